The number of hydrogen-bond donors (Lipinski definition) is 0. The molecule has 0 N–H and O–H groups in total. The molecule has 0 aliphatic heterocycles. The number of ether oxygens (including phenoxy) is 1. The monoisotopic (exact) mass is 311 g/mol. The maximum Gasteiger partial charge on any atom is 0.338 e. The number of rotatable bonds is 3. The zero-order valence-corrected chi connectivity index (χ0v) is 12.9. The minimum absolute atomic E-state index is 0.0102. The molecule has 1 aromatic carbocycles. The molecule has 0 unspecified atom stereocenters. The van der Waals surface area contributed by atoms with Gasteiger partial charge >= 0.3 is 5.97 Å². The Hall–Kier alpha value is -1.62. The van der Waals surface area contributed by atoms with E-state index in [1.807, 2.05) is 0 Å². The summed E-state index contributed by atoms with van der Waals surface area (Å²) in [6, 6.07) is 3.96. The summed E-state index contributed by atoms with van der Waals surface area (Å²) in [5, 5.41) is 10.8. The van der Waals surface area contributed by atoms with E-state index in [0.717, 1.165) is 31.7 Å². The molecule has 1 fully saturated rings. The molecule has 2 rings (SSSR count). The molecule has 5 nitrogen and oxygen atoms in total. The zero-order valence-electron chi connectivity index (χ0n) is 12.1. The van der Waals surface area contributed by atoms with Gasteiger partial charge in [-0.05, 0) is 43.2 Å². The van der Waals surface area contributed by atoms with Crippen molar-refractivity contribution >= 4 is 23.3 Å². The van der Waals surface area contributed by atoms with Crippen LogP contribution in [0.25, 0.3) is 0 Å². The maximum absolute atomic E-state index is 12.1. The summed E-state index contributed by atoms with van der Waals surface area (Å²) in [7, 11) is 0. The zero-order chi connectivity index (χ0) is 15.6. The van der Waals surface area contributed by atoms with Gasteiger partial charge in [-0.2, -0.15) is 0 Å². The molecule has 0 heterocycles. The topological polar surface area (TPSA) is 69.4 Å². The van der Waals surface area contributed by atoms with Gasteiger partial charge in [-0.1, -0.05) is 25.4 Å². The third-order valence-corrected chi connectivity index (χ3v) is 4.26. The highest BCUT2D eigenvalue weighted by molar-refractivity contribution is 6.32. The number of nitro benzene ring substituents is 1. The number of carbonyl (C=O) groups excluding carboxylic acids is 1. The van der Waals surface area contributed by atoms with Gasteiger partial charge in [0, 0.05) is 6.07 Å². The predicted molar refractivity (Wildman–Crippen MR) is 79.6 cm³/mol. The summed E-state index contributed by atoms with van der Waals surface area (Å²) in [5.74, 6) is -0.528. The Morgan fingerprint density at radius 2 is 2.00 bits per heavy atom. The van der Waals surface area contributed by atoms with Crippen LogP contribution in [-0.2, 0) is 4.74 Å². The minimum Gasteiger partial charge on any atom is -0.459 e. The van der Waals surface area contributed by atoms with Gasteiger partial charge < -0.3 is 4.74 Å². The van der Waals surface area contributed by atoms with Crippen molar-refractivity contribution in [2.75, 3.05) is 0 Å². The SMILES string of the molecule is CC1(C)CCC(OC(=O)c2ccc(Cl)c([N+](=O)[O-])c2)CC1. The van der Waals surface area contributed by atoms with Crippen LogP contribution >= 0.6 is 11.6 Å². The molecule has 1 aliphatic carbocycles. The summed E-state index contributed by atoms with van der Waals surface area (Å²) < 4.78 is 5.44. The van der Waals surface area contributed by atoms with Crippen LogP contribution in [0.5, 0.6) is 0 Å². The molecule has 0 atom stereocenters. The van der Waals surface area contributed by atoms with Crippen LogP contribution < -0.4 is 0 Å². The van der Waals surface area contributed by atoms with Gasteiger partial charge in [0.15, 0.2) is 0 Å². The number of benzene rings is 1. The van der Waals surface area contributed by atoms with E-state index in [2.05, 4.69) is 13.8 Å². The lowest BCUT2D eigenvalue weighted by atomic mass is 9.76. The Labute approximate surface area is 128 Å². The molecule has 0 spiro atoms. The van der Waals surface area contributed by atoms with Crippen LogP contribution in [0.3, 0.4) is 0 Å². The normalized spacial score (nSPS) is 18.2. The second-order valence-corrected chi connectivity index (χ2v) is 6.60. The van der Waals surface area contributed by atoms with Gasteiger partial charge in [0.25, 0.3) is 5.69 Å². The Morgan fingerprint density at radius 3 is 2.57 bits per heavy atom. The van der Waals surface area contributed by atoms with Gasteiger partial charge in [0.2, 0.25) is 0 Å². The van der Waals surface area contributed by atoms with Crippen LogP contribution in [-0.4, -0.2) is 17.0 Å². The summed E-state index contributed by atoms with van der Waals surface area (Å²) in [6.07, 6.45) is 3.56. The van der Waals surface area contributed by atoms with Gasteiger partial charge in [-0.25, -0.2) is 4.79 Å². The number of hydrogen-bond acceptors (Lipinski definition) is 4. The van der Waals surface area contributed by atoms with E-state index in [-0.39, 0.29) is 22.4 Å². The van der Waals surface area contributed by atoms with Crippen LogP contribution in [0.2, 0.25) is 5.02 Å². The largest absolute Gasteiger partial charge is 0.459 e. The van der Waals surface area contributed by atoms with Gasteiger partial charge in [-0.3, -0.25) is 10.1 Å². The number of carbonyl (C=O) groups is 1. The maximum atomic E-state index is 12.1. The Morgan fingerprint density at radius 1 is 1.38 bits per heavy atom. The fourth-order valence-electron chi connectivity index (χ4n) is 2.49. The van der Waals surface area contributed by atoms with Crippen molar-refractivity contribution in [3.8, 4) is 0 Å². The molecule has 1 saturated carbocycles. The lowest BCUT2D eigenvalue weighted by Gasteiger charge is -2.33. The molecule has 1 aliphatic rings. The molecule has 114 valence electrons. The van der Waals surface area contributed by atoms with Crippen molar-refractivity contribution in [3.63, 3.8) is 0 Å². The summed E-state index contributed by atoms with van der Waals surface area (Å²) in [6.45, 7) is 4.40. The van der Waals surface area contributed by atoms with Crippen molar-refractivity contribution < 1.29 is 14.5 Å². The van der Waals surface area contributed by atoms with E-state index >= 15 is 0 Å². The van der Waals surface area contributed by atoms with Crippen molar-refractivity contribution in [1.82, 2.24) is 0 Å². The van der Waals surface area contributed by atoms with Crippen LogP contribution in [0.15, 0.2) is 18.2 Å². The smallest absolute Gasteiger partial charge is 0.338 e. The fourth-order valence-corrected chi connectivity index (χ4v) is 2.68. The Kier molecular flexibility index (Phi) is 4.52. The van der Waals surface area contributed by atoms with Crippen molar-refractivity contribution in [3.05, 3.63) is 38.9 Å². The molecule has 0 radical (unpaired) electrons. The number of halogens is 1. The second kappa shape index (κ2) is 6.02. The third kappa shape index (κ3) is 3.94. The first-order valence-electron chi connectivity index (χ1n) is 6.93. The van der Waals surface area contributed by atoms with E-state index in [1.54, 1.807) is 0 Å². The molecular formula is C15H18ClNO4. The first-order valence-corrected chi connectivity index (χ1v) is 7.31. The number of nitrogens with zero attached hydrogens (tertiary/aromatic N) is 1. The molecule has 21 heavy (non-hydrogen) atoms. The summed E-state index contributed by atoms with van der Waals surface area (Å²) >= 11 is 5.73. The van der Waals surface area contributed by atoms with Crippen molar-refractivity contribution in [2.45, 2.75) is 45.6 Å². The van der Waals surface area contributed by atoms with Gasteiger partial charge in [0.05, 0.1) is 10.5 Å². The Bertz CT molecular complexity index is 561. The second-order valence-electron chi connectivity index (χ2n) is 6.19. The first-order chi connectivity index (χ1) is 9.78. The van der Waals surface area contributed by atoms with Crippen LogP contribution in [0.1, 0.15) is 49.9 Å². The highest BCUT2D eigenvalue weighted by Crippen LogP contribution is 2.36. The molecule has 0 amide bonds. The van der Waals surface area contributed by atoms with Gasteiger partial charge in [0.1, 0.15) is 11.1 Å². The standard InChI is InChI=1S/C15H18ClNO4/c1-15(2)7-5-11(6-8-15)21-14(18)10-3-4-12(16)13(9-10)17(19)20/h3-4,9,11H,5-8H2,1-2H3. The van der Waals surface area contributed by atoms with Crippen LogP contribution in [0.4, 0.5) is 5.69 Å². The molecule has 0 saturated heterocycles. The molecule has 6 heteroatoms. The fraction of sp³-hybridized carbons (Fsp3) is 0.533. The molecule has 1 aromatic rings. The summed E-state index contributed by atoms with van der Waals surface area (Å²) in [5.41, 5.74) is 0.175. The first kappa shape index (κ1) is 15.8. The Balaban J connectivity index is 2.04. The van der Waals surface area contributed by atoms with E-state index in [9.17, 15) is 14.9 Å². The number of nitro groups is 1. The minimum atomic E-state index is -0.609. The predicted octanol–water partition coefficient (Wildman–Crippen LogP) is 4.37. The molecule has 0 aromatic heterocycles. The molecule has 0 bridgehead atoms. The third-order valence-electron chi connectivity index (χ3n) is 3.94. The highest BCUT2D eigenvalue weighted by atomic mass is 35.5. The highest BCUT2D eigenvalue weighted by Gasteiger charge is 2.29. The number of esters is 1. The quantitative estimate of drug-likeness (QED) is 0.472. The average molecular weight is 312 g/mol. The molecular weight excluding hydrogens is 294 g/mol. The van der Waals surface area contributed by atoms with Crippen molar-refractivity contribution in [2.24, 2.45) is 5.41 Å². The summed E-state index contributed by atoms with van der Waals surface area (Å²) in [4.78, 5) is 22.3. The van der Waals surface area contributed by atoms with E-state index in [4.69, 9.17) is 16.3 Å². The lowest BCUT2D eigenvalue weighted by Crippen LogP contribution is -2.28. The lowest BCUT2D eigenvalue weighted by molar-refractivity contribution is -0.384. The van der Waals surface area contributed by atoms with E-state index in [1.165, 1.54) is 12.1 Å². The van der Waals surface area contributed by atoms with Crippen molar-refractivity contribution in [1.29, 1.82) is 0 Å². The van der Waals surface area contributed by atoms with E-state index < -0.39 is 10.9 Å². The van der Waals surface area contributed by atoms with E-state index in [0.29, 0.717) is 5.41 Å². The van der Waals surface area contributed by atoms with Gasteiger partial charge in [-0.15, -0.1) is 0 Å². The average Bonchev–Trinajstić information content (AvgIpc) is 2.41. The van der Waals surface area contributed by atoms with Crippen LogP contribution in [0, 0.1) is 15.5 Å².